The van der Waals surface area contributed by atoms with Crippen LogP contribution >= 0.6 is 0 Å². The number of oxazole rings is 1. The van der Waals surface area contributed by atoms with E-state index in [0.717, 1.165) is 43.0 Å². The molecule has 2 aromatic carbocycles. The Morgan fingerprint density at radius 1 is 1.03 bits per heavy atom. The van der Waals surface area contributed by atoms with Crippen LogP contribution in [0, 0.1) is 13.8 Å². The number of anilines is 2. The molecule has 6 heteroatoms. The zero-order chi connectivity index (χ0) is 20.4. The predicted molar refractivity (Wildman–Crippen MR) is 116 cm³/mol. The van der Waals surface area contributed by atoms with E-state index in [2.05, 4.69) is 40.1 Å². The van der Waals surface area contributed by atoms with Gasteiger partial charge < -0.3 is 19.5 Å². The van der Waals surface area contributed by atoms with Crippen molar-refractivity contribution >= 4 is 17.3 Å². The van der Waals surface area contributed by atoms with Gasteiger partial charge in [0.25, 0.3) is 5.91 Å². The molecule has 0 spiro atoms. The van der Waals surface area contributed by atoms with Crippen LogP contribution in [0.3, 0.4) is 0 Å². The molecule has 2 heterocycles. The fraction of sp³-hybridized carbons (Fsp3) is 0.304. The van der Waals surface area contributed by atoms with Crippen molar-refractivity contribution in [2.75, 3.05) is 43.4 Å². The number of carbonyl (C=O) groups is 1. The molecule has 1 N–H and O–H groups in total. The largest absolute Gasteiger partial charge is 0.441 e. The molecule has 1 aliphatic rings. The summed E-state index contributed by atoms with van der Waals surface area (Å²) in [5, 5.41) is 2.95. The van der Waals surface area contributed by atoms with Crippen LogP contribution in [-0.2, 0) is 0 Å². The van der Waals surface area contributed by atoms with Gasteiger partial charge in [0.1, 0.15) is 5.76 Å². The number of hydrogen-bond acceptors (Lipinski definition) is 5. The molecule has 3 aromatic rings. The molecule has 6 nitrogen and oxygen atoms in total. The van der Waals surface area contributed by atoms with Crippen LogP contribution in [0.25, 0.3) is 11.5 Å². The van der Waals surface area contributed by atoms with E-state index in [0.29, 0.717) is 17.3 Å². The summed E-state index contributed by atoms with van der Waals surface area (Å²) in [5.41, 5.74) is 4.29. The van der Waals surface area contributed by atoms with Gasteiger partial charge in [0.05, 0.1) is 0 Å². The SMILES string of the molecule is Cc1cc(NC(=O)c2nc(-c3ccccc3)oc2C)ccc1N1CCN(C)CC1. The second-order valence-electron chi connectivity index (χ2n) is 7.54. The van der Waals surface area contributed by atoms with E-state index in [1.165, 1.54) is 5.69 Å². The number of carbonyl (C=O) groups excluding carboxylic acids is 1. The highest BCUT2D eigenvalue weighted by Crippen LogP contribution is 2.26. The summed E-state index contributed by atoms with van der Waals surface area (Å²) in [5.74, 6) is 0.696. The third-order valence-electron chi connectivity index (χ3n) is 5.33. The van der Waals surface area contributed by atoms with Crippen LogP contribution < -0.4 is 10.2 Å². The van der Waals surface area contributed by atoms with Gasteiger partial charge >= 0.3 is 0 Å². The Balaban J connectivity index is 1.49. The van der Waals surface area contributed by atoms with Crippen LogP contribution in [0.1, 0.15) is 21.8 Å². The monoisotopic (exact) mass is 390 g/mol. The van der Waals surface area contributed by atoms with Crippen molar-refractivity contribution < 1.29 is 9.21 Å². The van der Waals surface area contributed by atoms with Gasteiger partial charge in [0, 0.05) is 43.1 Å². The first-order valence-corrected chi connectivity index (χ1v) is 9.89. The minimum atomic E-state index is -0.264. The standard InChI is InChI=1S/C23H26N4O2/c1-16-15-19(9-10-20(16)27-13-11-26(3)12-14-27)24-22(28)21-17(2)29-23(25-21)18-7-5-4-6-8-18/h4-10,15H,11-14H2,1-3H3,(H,24,28). The molecule has 0 bridgehead atoms. The summed E-state index contributed by atoms with van der Waals surface area (Å²) in [7, 11) is 2.15. The fourth-order valence-electron chi connectivity index (χ4n) is 3.64. The molecular weight excluding hydrogens is 364 g/mol. The molecule has 0 radical (unpaired) electrons. The van der Waals surface area contributed by atoms with Crippen LogP contribution in [0.2, 0.25) is 0 Å². The molecule has 0 atom stereocenters. The maximum atomic E-state index is 12.8. The average Bonchev–Trinajstić information content (AvgIpc) is 3.12. The Morgan fingerprint density at radius 3 is 2.45 bits per heavy atom. The van der Waals surface area contributed by atoms with Crippen molar-refractivity contribution in [1.82, 2.24) is 9.88 Å². The lowest BCUT2D eigenvalue weighted by molar-refractivity contribution is 0.102. The van der Waals surface area contributed by atoms with Gasteiger partial charge in [-0.25, -0.2) is 4.98 Å². The van der Waals surface area contributed by atoms with E-state index >= 15 is 0 Å². The maximum absolute atomic E-state index is 12.8. The van der Waals surface area contributed by atoms with Crippen LogP contribution in [0.5, 0.6) is 0 Å². The first-order chi connectivity index (χ1) is 14.0. The van der Waals surface area contributed by atoms with Gasteiger partial charge in [-0.15, -0.1) is 0 Å². The molecule has 0 aliphatic carbocycles. The number of benzene rings is 2. The summed E-state index contributed by atoms with van der Waals surface area (Å²) in [6.45, 7) is 8.00. The van der Waals surface area contributed by atoms with E-state index < -0.39 is 0 Å². The predicted octanol–water partition coefficient (Wildman–Crippen LogP) is 3.96. The van der Waals surface area contributed by atoms with Crippen molar-refractivity contribution in [2.24, 2.45) is 0 Å². The van der Waals surface area contributed by atoms with Gasteiger partial charge in [0.15, 0.2) is 5.69 Å². The van der Waals surface area contributed by atoms with Gasteiger partial charge in [-0.05, 0) is 56.8 Å². The Bertz CT molecular complexity index is 1000. The summed E-state index contributed by atoms with van der Waals surface area (Å²) in [6.07, 6.45) is 0. The number of likely N-dealkylation sites (N-methyl/N-ethyl adjacent to an activating group) is 1. The van der Waals surface area contributed by atoms with E-state index in [1.54, 1.807) is 6.92 Å². The first kappa shape index (κ1) is 19.2. The average molecular weight is 390 g/mol. The highest BCUT2D eigenvalue weighted by atomic mass is 16.4. The molecule has 4 rings (SSSR count). The van der Waals surface area contributed by atoms with Crippen molar-refractivity contribution in [3.05, 3.63) is 65.5 Å². The lowest BCUT2D eigenvalue weighted by Gasteiger charge is -2.35. The third kappa shape index (κ3) is 4.17. The molecule has 1 amide bonds. The van der Waals surface area contributed by atoms with Crippen molar-refractivity contribution in [3.8, 4) is 11.5 Å². The number of aromatic nitrogens is 1. The van der Waals surface area contributed by atoms with Crippen LogP contribution in [0.4, 0.5) is 11.4 Å². The number of nitrogens with one attached hydrogen (secondary N) is 1. The quantitative estimate of drug-likeness (QED) is 0.731. The fourth-order valence-corrected chi connectivity index (χ4v) is 3.64. The number of nitrogens with zero attached hydrogens (tertiary/aromatic N) is 3. The second-order valence-corrected chi connectivity index (χ2v) is 7.54. The Labute approximate surface area is 171 Å². The molecule has 29 heavy (non-hydrogen) atoms. The molecule has 1 saturated heterocycles. The number of hydrogen-bond donors (Lipinski definition) is 1. The van der Waals surface area contributed by atoms with Gasteiger partial charge in [-0.2, -0.15) is 0 Å². The number of piperazine rings is 1. The molecule has 150 valence electrons. The minimum absolute atomic E-state index is 0.264. The lowest BCUT2D eigenvalue weighted by atomic mass is 10.1. The van der Waals surface area contributed by atoms with Crippen molar-refractivity contribution in [1.29, 1.82) is 0 Å². The molecule has 0 saturated carbocycles. The topological polar surface area (TPSA) is 61.6 Å². The van der Waals surface area contributed by atoms with E-state index in [4.69, 9.17) is 4.42 Å². The zero-order valence-corrected chi connectivity index (χ0v) is 17.1. The Kier molecular flexibility index (Phi) is 5.36. The maximum Gasteiger partial charge on any atom is 0.277 e. The number of amides is 1. The highest BCUT2D eigenvalue weighted by molar-refractivity contribution is 6.04. The third-order valence-corrected chi connectivity index (χ3v) is 5.33. The van der Waals surface area contributed by atoms with E-state index in [1.807, 2.05) is 42.5 Å². The van der Waals surface area contributed by atoms with Gasteiger partial charge in [-0.1, -0.05) is 18.2 Å². The van der Waals surface area contributed by atoms with Crippen molar-refractivity contribution in [3.63, 3.8) is 0 Å². The summed E-state index contributed by atoms with van der Waals surface area (Å²) < 4.78 is 5.71. The molecule has 0 unspecified atom stereocenters. The Morgan fingerprint density at radius 2 is 1.76 bits per heavy atom. The van der Waals surface area contributed by atoms with E-state index in [9.17, 15) is 4.79 Å². The molecular formula is C23H26N4O2. The van der Waals surface area contributed by atoms with Crippen molar-refractivity contribution in [2.45, 2.75) is 13.8 Å². The minimum Gasteiger partial charge on any atom is -0.441 e. The highest BCUT2D eigenvalue weighted by Gasteiger charge is 2.19. The Hall–Kier alpha value is -3.12. The summed E-state index contributed by atoms with van der Waals surface area (Å²) in [6, 6.07) is 15.6. The second kappa shape index (κ2) is 8.09. The number of aryl methyl sites for hydroxylation is 2. The molecule has 1 aliphatic heterocycles. The first-order valence-electron chi connectivity index (χ1n) is 9.89. The summed E-state index contributed by atoms with van der Waals surface area (Å²) >= 11 is 0. The number of rotatable bonds is 4. The normalized spacial score (nSPS) is 14.8. The smallest absolute Gasteiger partial charge is 0.277 e. The molecule has 1 aromatic heterocycles. The molecule has 1 fully saturated rings. The van der Waals surface area contributed by atoms with Gasteiger partial charge in [-0.3, -0.25) is 4.79 Å². The van der Waals surface area contributed by atoms with E-state index in [-0.39, 0.29) is 5.91 Å². The lowest BCUT2D eigenvalue weighted by Crippen LogP contribution is -2.44. The van der Waals surface area contributed by atoms with Crippen LogP contribution in [-0.4, -0.2) is 49.0 Å². The van der Waals surface area contributed by atoms with Gasteiger partial charge in [0.2, 0.25) is 5.89 Å². The summed E-state index contributed by atoms with van der Waals surface area (Å²) in [4.78, 5) is 21.9. The van der Waals surface area contributed by atoms with Crippen LogP contribution in [0.15, 0.2) is 52.9 Å². The zero-order valence-electron chi connectivity index (χ0n) is 17.1.